The number of hydrogen-bond donors (Lipinski definition) is 0. The Morgan fingerprint density at radius 3 is 2.09 bits per heavy atom. The van der Waals surface area contributed by atoms with Crippen LogP contribution >= 0.6 is 0 Å². The summed E-state index contributed by atoms with van der Waals surface area (Å²) >= 11 is 0. The highest BCUT2D eigenvalue weighted by Crippen LogP contribution is 2.41. The summed E-state index contributed by atoms with van der Waals surface area (Å²) < 4.78 is 6.46. The summed E-state index contributed by atoms with van der Waals surface area (Å²) in [4.78, 5) is 18.7. The van der Waals surface area contributed by atoms with Gasteiger partial charge >= 0.3 is 6.03 Å². The minimum absolute atomic E-state index is 0.0824. The molecule has 5 heteroatoms. The third-order valence-electron chi connectivity index (χ3n) is 5.26. The number of rotatable bonds is 2. The monoisotopic (exact) mass is 311 g/mol. The second kappa shape index (κ2) is 6.00. The van der Waals surface area contributed by atoms with Crippen LogP contribution in [-0.4, -0.2) is 70.8 Å². The Bertz CT molecular complexity index is 412. The SMILES string of the molecule is CC(C)N(C)C(=O)N1CCC2(CC1)CN(C(C)C)C(C)(C)O2. The largest absolute Gasteiger partial charge is 0.353 e. The average Bonchev–Trinajstić information content (AvgIpc) is 2.69. The number of hydrogen-bond acceptors (Lipinski definition) is 3. The number of ether oxygens (including phenoxy) is 1. The van der Waals surface area contributed by atoms with Gasteiger partial charge in [0.05, 0.1) is 5.60 Å². The average molecular weight is 311 g/mol. The van der Waals surface area contributed by atoms with Gasteiger partial charge in [0.25, 0.3) is 0 Å². The maximum atomic E-state index is 12.4. The summed E-state index contributed by atoms with van der Waals surface area (Å²) in [6, 6.07) is 0.852. The summed E-state index contributed by atoms with van der Waals surface area (Å²) in [5.41, 5.74) is -0.296. The first-order chi connectivity index (χ1) is 10.1. The number of amides is 2. The molecule has 2 saturated heterocycles. The van der Waals surface area contributed by atoms with Crippen LogP contribution in [0, 0.1) is 0 Å². The first-order valence-electron chi connectivity index (χ1n) is 8.57. The fraction of sp³-hybridized carbons (Fsp3) is 0.941. The van der Waals surface area contributed by atoms with Crippen molar-refractivity contribution in [2.45, 2.75) is 77.8 Å². The van der Waals surface area contributed by atoms with E-state index in [-0.39, 0.29) is 23.4 Å². The number of carbonyl (C=O) groups is 1. The summed E-state index contributed by atoms with van der Waals surface area (Å²) in [5, 5.41) is 0. The van der Waals surface area contributed by atoms with Gasteiger partial charge in [0.15, 0.2) is 0 Å². The Balaban J connectivity index is 1.99. The van der Waals surface area contributed by atoms with E-state index in [2.05, 4.69) is 32.6 Å². The molecule has 0 aromatic carbocycles. The van der Waals surface area contributed by atoms with Crippen LogP contribution < -0.4 is 0 Å². The topological polar surface area (TPSA) is 36.0 Å². The third kappa shape index (κ3) is 3.25. The molecule has 0 radical (unpaired) electrons. The lowest BCUT2D eigenvalue weighted by Crippen LogP contribution is -2.52. The second-order valence-corrected chi connectivity index (χ2v) is 7.93. The molecule has 0 aromatic rings. The minimum Gasteiger partial charge on any atom is -0.353 e. The molecule has 2 aliphatic rings. The quantitative estimate of drug-likeness (QED) is 0.787. The molecule has 2 heterocycles. The zero-order valence-corrected chi connectivity index (χ0v) is 15.3. The van der Waals surface area contributed by atoms with Crippen molar-refractivity contribution in [3.8, 4) is 0 Å². The Morgan fingerprint density at radius 1 is 1.14 bits per heavy atom. The van der Waals surface area contributed by atoms with Crippen LogP contribution in [0.25, 0.3) is 0 Å². The van der Waals surface area contributed by atoms with E-state index in [1.165, 1.54) is 0 Å². The van der Waals surface area contributed by atoms with Crippen molar-refractivity contribution in [2.75, 3.05) is 26.7 Å². The highest BCUT2D eigenvalue weighted by Gasteiger charge is 2.51. The van der Waals surface area contributed by atoms with Crippen molar-refractivity contribution in [1.82, 2.24) is 14.7 Å². The van der Waals surface area contributed by atoms with Gasteiger partial charge in [-0.3, -0.25) is 4.90 Å². The number of likely N-dealkylation sites (tertiary alicyclic amines) is 1. The summed E-state index contributed by atoms with van der Waals surface area (Å²) in [6.07, 6.45) is 1.86. The van der Waals surface area contributed by atoms with E-state index in [1.807, 2.05) is 30.7 Å². The molecule has 128 valence electrons. The Kier molecular flexibility index (Phi) is 4.79. The molecule has 0 aromatic heterocycles. The predicted molar refractivity (Wildman–Crippen MR) is 88.8 cm³/mol. The molecule has 2 fully saturated rings. The summed E-state index contributed by atoms with van der Waals surface area (Å²) in [7, 11) is 1.88. The van der Waals surface area contributed by atoms with Crippen LogP contribution in [0.15, 0.2) is 0 Å². The highest BCUT2D eigenvalue weighted by molar-refractivity contribution is 5.74. The van der Waals surface area contributed by atoms with Crippen molar-refractivity contribution >= 4 is 6.03 Å². The number of nitrogens with zero attached hydrogens (tertiary/aromatic N) is 3. The van der Waals surface area contributed by atoms with Gasteiger partial charge in [0, 0.05) is 38.8 Å². The van der Waals surface area contributed by atoms with Crippen LogP contribution in [0.2, 0.25) is 0 Å². The van der Waals surface area contributed by atoms with Gasteiger partial charge in [-0.25, -0.2) is 4.79 Å². The fourth-order valence-electron chi connectivity index (χ4n) is 3.74. The maximum Gasteiger partial charge on any atom is 0.319 e. The van der Waals surface area contributed by atoms with Gasteiger partial charge in [-0.05, 0) is 54.4 Å². The molecule has 2 amide bonds. The van der Waals surface area contributed by atoms with Crippen molar-refractivity contribution in [1.29, 1.82) is 0 Å². The van der Waals surface area contributed by atoms with E-state index < -0.39 is 0 Å². The van der Waals surface area contributed by atoms with E-state index >= 15 is 0 Å². The smallest absolute Gasteiger partial charge is 0.319 e. The molecule has 0 saturated carbocycles. The van der Waals surface area contributed by atoms with Crippen LogP contribution in [0.1, 0.15) is 54.4 Å². The van der Waals surface area contributed by atoms with Gasteiger partial charge in [-0.2, -0.15) is 0 Å². The molecule has 0 unspecified atom stereocenters. The van der Waals surface area contributed by atoms with E-state index in [0.29, 0.717) is 6.04 Å². The molecule has 0 bridgehead atoms. The zero-order valence-electron chi connectivity index (χ0n) is 15.3. The number of urea groups is 1. The predicted octanol–water partition coefficient (Wildman–Crippen LogP) is 2.76. The Labute approximate surface area is 135 Å². The number of carbonyl (C=O) groups excluding carboxylic acids is 1. The van der Waals surface area contributed by atoms with Crippen LogP contribution in [-0.2, 0) is 4.74 Å². The first-order valence-corrected chi connectivity index (χ1v) is 8.57. The van der Waals surface area contributed by atoms with Gasteiger partial charge in [-0.1, -0.05) is 0 Å². The third-order valence-corrected chi connectivity index (χ3v) is 5.26. The van der Waals surface area contributed by atoms with Gasteiger partial charge in [0.2, 0.25) is 0 Å². The normalized spacial score (nSPS) is 24.5. The molecular formula is C17H33N3O2. The van der Waals surface area contributed by atoms with Crippen molar-refractivity contribution in [2.24, 2.45) is 0 Å². The lowest BCUT2D eigenvalue weighted by molar-refractivity contribution is -0.136. The van der Waals surface area contributed by atoms with Crippen LogP contribution in [0.5, 0.6) is 0 Å². The Hall–Kier alpha value is -0.810. The molecule has 1 spiro atoms. The van der Waals surface area contributed by atoms with Crippen molar-refractivity contribution in [3.05, 3.63) is 0 Å². The molecule has 0 N–H and O–H groups in total. The molecule has 0 aliphatic carbocycles. The van der Waals surface area contributed by atoms with E-state index in [0.717, 1.165) is 32.5 Å². The molecule has 22 heavy (non-hydrogen) atoms. The number of piperidine rings is 1. The highest BCUT2D eigenvalue weighted by atomic mass is 16.6. The minimum atomic E-state index is -0.213. The van der Waals surface area contributed by atoms with Gasteiger partial charge < -0.3 is 14.5 Å². The molecule has 5 nitrogen and oxygen atoms in total. The van der Waals surface area contributed by atoms with Crippen molar-refractivity contribution < 1.29 is 9.53 Å². The lowest BCUT2D eigenvalue weighted by Gasteiger charge is -2.40. The molecule has 2 aliphatic heterocycles. The lowest BCUT2D eigenvalue weighted by atomic mass is 9.91. The molecule has 2 rings (SSSR count). The van der Waals surface area contributed by atoms with Gasteiger partial charge in [0.1, 0.15) is 5.72 Å². The standard InChI is InChI=1S/C17H33N3O2/c1-13(2)18(7)15(21)19-10-8-17(9-11-19)12-20(14(3)4)16(5,6)22-17/h13-14H,8-12H2,1-7H3. The van der Waals surface area contributed by atoms with E-state index in [4.69, 9.17) is 4.74 Å². The fourth-order valence-corrected chi connectivity index (χ4v) is 3.74. The zero-order chi connectivity index (χ0) is 16.7. The van der Waals surface area contributed by atoms with E-state index in [1.54, 1.807) is 0 Å². The van der Waals surface area contributed by atoms with Gasteiger partial charge in [-0.15, -0.1) is 0 Å². The Morgan fingerprint density at radius 2 is 1.68 bits per heavy atom. The van der Waals surface area contributed by atoms with Crippen LogP contribution in [0.3, 0.4) is 0 Å². The maximum absolute atomic E-state index is 12.4. The second-order valence-electron chi connectivity index (χ2n) is 7.93. The van der Waals surface area contributed by atoms with Crippen molar-refractivity contribution in [3.63, 3.8) is 0 Å². The van der Waals surface area contributed by atoms with E-state index in [9.17, 15) is 4.79 Å². The molecule has 0 atom stereocenters. The van der Waals surface area contributed by atoms with Crippen LogP contribution in [0.4, 0.5) is 4.79 Å². The first kappa shape index (κ1) is 17.5. The summed E-state index contributed by atoms with van der Waals surface area (Å²) in [6.45, 7) is 15.4. The summed E-state index contributed by atoms with van der Waals surface area (Å²) in [5.74, 6) is 0. The molecular weight excluding hydrogens is 278 g/mol.